The Bertz CT molecular complexity index is 549. The molecule has 1 aromatic carbocycles. The maximum Gasteiger partial charge on any atom is 0.243 e. The number of rotatable bonds is 4. The second kappa shape index (κ2) is 4.53. The van der Waals surface area contributed by atoms with E-state index in [4.69, 9.17) is 10.3 Å². The highest BCUT2D eigenvalue weighted by molar-refractivity contribution is 5.43. The molecular weight excluding hydrogens is 226 g/mol. The fourth-order valence-corrected chi connectivity index (χ4v) is 2.46. The second-order valence-corrected chi connectivity index (χ2v) is 4.84. The van der Waals surface area contributed by atoms with Gasteiger partial charge in [0.25, 0.3) is 0 Å². The Labute approximate surface area is 106 Å². The summed E-state index contributed by atoms with van der Waals surface area (Å²) in [6, 6.07) is 8.26. The second-order valence-electron chi connectivity index (χ2n) is 4.84. The monoisotopic (exact) mass is 243 g/mol. The molecule has 94 valence electrons. The number of fused-ring (bicyclic) bond motifs is 1. The quantitative estimate of drug-likeness (QED) is 0.896. The topological polar surface area (TPSA) is 64.9 Å². The largest absolute Gasteiger partial charge is 0.338 e. The van der Waals surface area contributed by atoms with Crippen molar-refractivity contribution in [1.29, 1.82) is 0 Å². The fourth-order valence-electron chi connectivity index (χ4n) is 2.46. The molecule has 1 heterocycles. The number of nitrogens with two attached hydrogens (primary N) is 1. The molecule has 0 fully saturated rings. The molecule has 0 radical (unpaired) electrons. The molecule has 0 bridgehead atoms. The summed E-state index contributed by atoms with van der Waals surface area (Å²) in [5.41, 5.74) is 8.67. The molecule has 0 saturated carbocycles. The van der Waals surface area contributed by atoms with Gasteiger partial charge in [0.2, 0.25) is 5.89 Å². The lowest BCUT2D eigenvalue weighted by molar-refractivity contribution is 0.342. The fraction of sp³-hybridized carbons (Fsp3) is 0.429. The van der Waals surface area contributed by atoms with Crippen LogP contribution in [0.1, 0.15) is 54.6 Å². The molecule has 1 aromatic heterocycles. The summed E-state index contributed by atoms with van der Waals surface area (Å²) in [6.45, 7) is 2.10. The summed E-state index contributed by atoms with van der Waals surface area (Å²) in [5.74, 6) is 1.62. The first-order valence-corrected chi connectivity index (χ1v) is 6.46. The molecule has 4 heteroatoms. The van der Waals surface area contributed by atoms with Crippen molar-refractivity contribution in [3.05, 3.63) is 47.1 Å². The maximum atomic E-state index is 5.98. The van der Waals surface area contributed by atoms with Crippen LogP contribution in [0, 0.1) is 0 Å². The van der Waals surface area contributed by atoms with Crippen molar-refractivity contribution in [3.63, 3.8) is 0 Å². The normalized spacial score (nSPS) is 19.1. The van der Waals surface area contributed by atoms with Crippen LogP contribution in [0.5, 0.6) is 0 Å². The Morgan fingerprint density at radius 2 is 2.28 bits per heavy atom. The number of benzene rings is 1. The molecule has 2 atom stereocenters. The molecule has 0 spiro atoms. The van der Waals surface area contributed by atoms with Gasteiger partial charge in [-0.1, -0.05) is 42.8 Å². The minimum atomic E-state index is -0.133. The maximum absolute atomic E-state index is 5.98. The summed E-state index contributed by atoms with van der Waals surface area (Å²) in [4.78, 5) is 4.45. The average Bonchev–Trinajstić information content (AvgIpc) is 2.80. The minimum absolute atomic E-state index is 0.133. The molecule has 1 aliphatic rings. The van der Waals surface area contributed by atoms with Crippen molar-refractivity contribution in [2.75, 3.05) is 0 Å². The van der Waals surface area contributed by atoms with Crippen LogP contribution in [-0.2, 0) is 6.42 Å². The van der Waals surface area contributed by atoms with Crippen LogP contribution in [0.4, 0.5) is 0 Å². The molecule has 3 rings (SSSR count). The molecule has 0 aliphatic heterocycles. The van der Waals surface area contributed by atoms with E-state index in [-0.39, 0.29) is 12.0 Å². The van der Waals surface area contributed by atoms with E-state index in [0.717, 1.165) is 25.1 Å². The van der Waals surface area contributed by atoms with Crippen molar-refractivity contribution in [2.45, 2.75) is 38.1 Å². The predicted octanol–water partition coefficient (Wildman–Crippen LogP) is 2.56. The van der Waals surface area contributed by atoms with Crippen molar-refractivity contribution < 1.29 is 4.52 Å². The van der Waals surface area contributed by atoms with E-state index in [1.807, 2.05) is 0 Å². The third-order valence-electron chi connectivity index (χ3n) is 3.54. The Morgan fingerprint density at radius 1 is 1.44 bits per heavy atom. The van der Waals surface area contributed by atoms with E-state index < -0.39 is 0 Å². The van der Waals surface area contributed by atoms with Crippen molar-refractivity contribution in [1.82, 2.24) is 10.1 Å². The Kier molecular flexibility index (Phi) is 2.88. The Hall–Kier alpha value is -1.68. The molecular formula is C14H17N3O. The molecule has 18 heavy (non-hydrogen) atoms. The molecule has 1 aliphatic carbocycles. The number of nitrogens with zero attached hydrogens (tertiary/aromatic N) is 2. The first-order valence-electron chi connectivity index (χ1n) is 6.46. The van der Waals surface area contributed by atoms with Gasteiger partial charge in [-0.3, -0.25) is 0 Å². The highest BCUT2D eigenvalue weighted by atomic mass is 16.5. The molecule has 2 aromatic rings. The van der Waals surface area contributed by atoms with Gasteiger partial charge in [0.05, 0.1) is 12.0 Å². The third kappa shape index (κ3) is 1.82. The first kappa shape index (κ1) is 11.4. The smallest absolute Gasteiger partial charge is 0.243 e. The number of aromatic nitrogens is 2. The number of hydrogen-bond donors (Lipinski definition) is 1. The highest BCUT2D eigenvalue weighted by Gasteiger charge is 2.31. The third-order valence-corrected chi connectivity index (χ3v) is 3.54. The van der Waals surface area contributed by atoms with Gasteiger partial charge in [0, 0.05) is 0 Å². The summed E-state index contributed by atoms with van der Waals surface area (Å²) in [7, 11) is 0. The van der Waals surface area contributed by atoms with Gasteiger partial charge in [0.15, 0.2) is 5.82 Å². The molecule has 2 unspecified atom stereocenters. The average molecular weight is 243 g/mol. The zero-order chi connectivity index (χ0) is 12.5. The SMILES string of the molecule is CCCC(N)c1nc(C2Cc3ccccc32)no1. The van der Waals surface area contributed by atoms with Crippen molar-refractivity contribution in [3.8, 4) is 0 Å². The van der Waals surface area contributed by atoms with E-state index in [1.165, 1.54) is 11.1 Å². The minimum Gasteiger partial charge on any atom is -0.338 e. The highest BCUT2D eigenvalue weighted by Crippen LogP contribution is 2.38. The molecule has 0 saturated heterocycles. The van der Waals surface area contributed by atoms with Crippen LogP contribution >= 0.6 is 0 Å². The zero-order valence-electron chi connectivity index (χ0n) is 10.5. The van der Waals surface area contributed by atoms with Gasteiger partial charge < -0.3 is 10.3 Å². The molecule has 2 N–H and O–H groups in total. The van der Waals surface area contributed by atoms with E-state index in [2.05, 4.69) is 41.3 Å². The lowest BCUT2D eigenvalue weighted by atomic mass is 9.77. The van der Waals surface area contributed by atoms with Gasteiger partial charge in [0.1, 0.15) is 0 Å². The van der Waals surface area contributed by atoms with Crippen LogP contribution in [0.25, 0.3) is 0 Å². The van der Waals surface area contributed by atoms with Crippen molar-refractivity contribution >= 4 is 0 Å². The van der Waals surface area contributed by atoms with Crippen LogP contribution in [0.3, 0.4) is 0 Å². The summed E-state index contributed by atoms with van der Waals surface area (Å²) in [5, 5.41) is 4.07. The van der Waals surface area contributed by atoms with Gasteiger partial charge in [-0.2, -0.15) is 4.98 Å². The summed E-state index contributed by atoms with van der Waals surface area (Å²) >= 11 is 0. The Morgan fingerprint density at radius 3 is 3.06 bits per heavy atom. The lowest BCUT2D eigenvalue weighted by Crippen LogP contribution is -2.19. The van der Waals surface area contributed by atoms with Crippen LogP contribution in [0.15, 0.2) is 28.8 Å². The van der Waals surface area contributed by atoms with Crippen LogP contribution < -0.4 is 5.73 Å². The lowest BCUT2D eigenvalue weighted by Gasteiger charge is -2.27. The van der Waals surface area contributed by atoms with Gasteiger partial charge in [-0.15, -0.1) is 0 Å². The van der Waals surface area contributed by atoms with Crippen LogP contribution in [-0.4, -0.2) is 10.1 Å². The van der Waals surface area contributed by atoms with E-state index in [0.29, 0.717) is 5.89 Å². The zero-order valence-corrected chi connectivity index (χ0v) is 10.5. The molecule has 4 nitrogen and oxygen atoms in total. The van der Waals surface area contributed by atoms with Crippen molar-refractivity contribution in [2.24, 2.45) is 5.73 Å². The van der Waals surface area contributed by atoms with Gasteiger partial charge in [-0.25, -0.2) is 0 Å². The van der Waals surface area contributed by atoms with Gasteiger partial charge in [-0.05, 0) is 24.0 Å². The summed E-state index contributed by atoms with van der Waals surface area (Å²) in [6.07, 6.45) is 2.90. The van der Waals surface area contributed by atoms with E-state index in [9.17, 15) is 0 Å². The Balaban J connectivity index is 1.80. The first-order chi connectivity index (χ1) is 8.79. The standard InChI is InChI=1S/C14H17N3O/c1-2-5-12(15)14-16-13(17-18-14)11-8-9-6-3-4-7-10(9)11/h3-4,6-7,11-12H,2,5,8,15H2,1H3. The summed E-state index contributed by atoms with van der Waals surface area (Å²) < 4.78 is 5.26. The van der Waals surface area contributed by atoms with E-state index in [1.54, 1.807) is 0 Å². The number of hydrogen-bond acceptors (Lipinski definition) is 4. The predicted molar refractivity (Wildman–Crippen MR) is 68.1 cm³/mol. The van der Waals surface area contributed by atoms with E-state index >= 15 is 0 Å². The van der Waals surface area contributed by atoms with Gasteiger partial charge >= 0.3 is 0 Å². The van der Waals surface area contributed by atoms with Crippen LogP contribution in [0.2, 0.25) is 0 Å². The molecule has 0 amide bonds.